The van der Waals surface area contributed by atoms with E-state index in [1.165, 1.54) is 23.1 Å². The van der Waals surface area contributed by atoms with Crippen LogP contribution >= 0.6 is 11.3 Å². The number of rotatable bonds is 4. The van der Waals surface area contributed by atoms with Crippen molar-refractivity contribution in [3.63, 3.8) is 0 Å². The van der Waals surface area contributed by atoms with Gasteiger partial charge in [-0.15, -0.1) is 11.3 Å². The predicted octanol–water partition coefficient (Wildman–Crippen LogP) is 4.34. The van der Waals surface area contributed by atoms with Crippen LogP contribution in [0.4, 0.5) is 9.39 Å². The standard InChI is InChI=1S/C24H22FN3O3S/c1-2-28-10-9-18-19(13-28)32-23-20(18)22(29)26-21(27-23)14-5-4-8-17(12-14)31-24(30)15-6-3-7-16(25)11-15/h3-8,11-12,21,27H,2,9-10,13H2,1H3,(H,26,29)/t21-/m1/s1. The van der Waals surface area contributed by atoms with Gasteiger partial charge in [0.15, 0.2) is 0 Å². The molecule has 6 nitrogen and oxygen atoms in total. The lowest BCUT2D eigenvalue weighted by molar-refractivity contribution is 0.0733. The third-order valence-electron chi connectivity index (χ3n) is 5.82. The molecule has 3 aromatic rings. The van der Waals surface area contributed by atoms with Gasteiger partial charge in [0.05, 0.1) is 11.1 Å². The van der Waals surface area contributed by atoms with E-state index in [1.54, 1.807) is 29.5 Å². The molecule has 32 heavy (non-hydrogen) atoms. The van der Waals surface area contributed by atoms with E-state index in [-0.39, 0.29) is 11.5 Å². The summed E-state index contributed by atoms with van der Waals surface area (Å²) in [7, 11) is 0. The third-order valence-corrected chi connectivity index (χ3v) is 6.97. The monoisotopic (exact) mass is 451 g/mol. The second kappa shape index (κ2) is 8.37. The van der Waals surface area contributed by atoms with Gasteiger partial charge >= 0.3 is 5.97 Å². The zero-order valence-corrected chi connectivity index (χ0v) is 18.3. The molecule has 8 heteroatoms. The summed E-state index contributed by atoms with van der Waals surface area (Å²) in [4.78, 5) is 28.9. The highest BCUT2D eigenvalue weighted by Gasteiger charge is 2.33. The van der Waals surface area contributed by atoms with E-state index in [1.807, 2.05) is 6.07 Å². The van der Waals surface area contributed by atoms with Crippen LogP contribution in [0.1, 0.15) is 49.8 Å². The van der Waals surface area contributed by atoms with Crippen molar-refractivity contribution in [3.8, 4) is 5.75 Å². The Balaban J connectivity index is 1.36. The summed E-state index contributed by atoms with van der Waals surface area (Å²) in [5.41, 5.74) is 2.80. The average Bonchev–Trinajstić information content (AvgIpc) is 3.17. The lowest BCUT2D eigenvalue weighted by atomic mass is 10.0. The lowest BCUT2D eigenvalue weighted by Crippen LogP contribution is -2.38. The van der Waals surface area contributed by atoms with E-state index in [0.29, 0.717) is 5.75 Å². The molecule has 2 aliphatic heterocycles. The highest BCUT2D eigenvalue weighted by atomic mass is 32.1. The van der Waals surface area contributed by atoms with Gasteiger partial charge in [0, 0.05) is 18.0 Å². The first-order valence-corrected chi connectivity index (χ1v) is 11.4. The fraction of sp³-hybridized carbons (Fsp3) is 0.250. The maximum Gasteiger partial charge on any atom is 0.343 e. The summed E-state index contributed by atoms with van der Waals surface area (Å²) in [5.74, 6) is -0.911. The second-order valence-corrected chi connectivity index (χ2v) is 8.96. The largest absolute Gasteiger partial charge is 0.423 e. The molecule has 0 bridgehead atoms. The van der Waals surface area contributed by atoms with E-state index in [9.17, 15) is 14.0 Å². The molecule has 0 saturated carbocycles. The maximum atomic E-state index is 13.4. The number of thiophene rings is 1. The van der Waals surface area contributed by atoms with Crippen LogP contribution in [0.25, 0.3) is 0 Å². The maximum absolute atomic E-state index is 13.4. The van der Waals surface area contributed by atoms with Crippen molar-refractivity contribution in [2.45, 2.75) is 26.1 Å². The Labute approximate surface area is 189 Å². The van der Waals surface area contributed by atoms with Crippen molar-refractivity contribution in [3.05, 3.63) is 81.5 Å². The molecule has 1 aromatic heterocycles. The minimum Gasteiger partial charge on any atom is -0.423 e. The molecule has 164 valence electrons. The molecule has 0 radical (unpaired) electrons. The number of hydrogen-bond donors (Lipinski definition) is 2. The zero-order valence-electron chi connectivity index (χ0n) is 17.5. The molecule has 3 heterocycles. The fourth-order valence-corrected chi connectivity index (χ4v) is 5.46. The number of fused-ring (bicyclic) bond motifs is 3. The molecule has 0 saturated heterocycles. The van der Waals surface area contributed by atoms with Crippen LogP contribution in [0, 0.1) is 5.82 Å². The number of ether oxygens (including phenoxy) is 1. The van der Waals surface area contributed by atoms with Crippen LogP contribution in [0.3, 0.4) is 0 Å². The minimum absolute atomic E-state index is 0.0895. The smallest absolute Gasteiger partial charge is 0.343 e. The van der Waals surface area contributed by atoms with Crippen LogP contribution in [-0.4, -0.2) is 29.9 Å². The number of carbonyl (C=O) groups excluding carboxylic acids is 2. The van der Waals surface area contributed by atoms with Crippen molar-refractivity contribution in [2.24, 2.45) is 0 Å². The van der Waals surface area contributed by atoms with Gasteiger partial charge in [-0.1, -0.05) is 25.1 Å². The summed E-state index contributed by atoms with van der Waals surface area (Å²) >= 11 is 1.64. The Morgan fingerprint density at radius 2 is 2.06 bits per heavy atom. The van der Waals surface area contributed by atoms with Crippen molar-refractivity contribution < 1.29 is 18.7 Å². The molecule has 2 N–H and O–H groups in total. The van der Waals surface area contributed by atoms with Gasteiger partial charge < -0.3 is 15.4 Å². The SMILES string of the molecule is CCN1CCc2c(sc3c2C(=O)N[C@@H](c2cccc(OC(=O)c4cccc(F)c4)c2)N3)C1. The number of benzene rings is 2. The quantitative estimate of drug-likeness (QED) is 0.456. The second-order valence-electron chi connectivity index (χ2n) is 7.85. The van der Waals surface area contributed by atoms with Gasteiger partial charge in [0.2, 0.25) is 0 Å². The van der Waals surface area contributed by atoms with Crippen LogP contribution in [0.5, 0.6) is 5.75 Å². The summed E-state index contributed by atoms with van der Waals surface area (Å²) < 4.78 is 18.8. The molecular weight excluding hydrogens is 429 g/mol. The van der Waals surface area contributed by atoms with Gasteiger partial charge in [0.25, 0.3) is 5.91 Å². The summed E-state index contributed by atoms with van der Waals surface area (Å²) in [6, 6.07) is 12.3. The molecule has 1 atom stereocenters. The molecule has 0 fully saturated rings. The number of halogens is 1. The highest BCUT2D eigenvalue weighted by Crippen LogP contribution is 2.40. The third kappa shape index (κ3) is 3.87. The number of esters is 1. The number of nitrogens with one attached hydrogen (secondary N) is 2. The van der Waals surface area contributed by atoms with E-state index >= 15 is 0 Å². The first kappa shape index (κ1) is 20.7. The zero-order chi connectivity index (χ0) is 22.2. The van der Waals surface area contributed by atoms with Crippen molar-refractivity contribution in [1.82, 2.24) is 10.2 Å². The molecule has 1 amide bonds. The molecular formula is C24H22FN3O3S. The van der Waals surface area contributed by atoms with Gasteiger partial charge in [-0.25, -0.2) is 9.18 Å². The summed E-state index contributed by atoms with van der Waals surface area (Å²) in [6.07, 6.45) is 0.436. The molecule has 0 spiro atoms. The molecule has 0 aliphatic carbocycles. The topological polar surface area (TPSA) is 70.7 Å². The Morgan fingerprint density at radius 1 is 1.22 bits per heavy atom. The number of amides is 1. The van der Waals surface area contributed by atoms with Gasteiger partial charge in [0.1, 0.15) is 22.7 Å². The molecule has 2 aliphatic rings. The van der Waals surface area contributed by atoms with Crippen LogP contribution in [0.2, 0.25) is 0 Å². The molecule has 2 aromatic carbocycles. The summed E-state index contributed by atoms with van der Waals surface area (Å²) in [6.45, 7) is 4.97. The van der Waals surface area contributed by atoms with Crippen LogP contribution in [-0.2, 0) is 13.0 Å². The van der Waals surface area contributed by atoms with Crippen molar-refractivity contribution in [1.29, 1.82) is 0 Å². The van der Waals surface area contributed by atoms with Crippen LogP contribution in [0.15, 0.2) is 48.5 Å². The number of hydrogen-bond acceptors (Lipinski definition) is 6. The van der Waals surface area contributed by atoms with Crippen molar-refractivity contribution >= 4 is 28.2 Å². The number of nitrogens with zero attached hydrogens (tertiary/aromatic N) is 1. The predicted molar refractivity (Wildman–Crippen MR) is 121 cm³/mol. The van der Waals surface area contributed by atoms with Crippen LogP contribution < -0.4 is 15.4 Å². The first-order chi connectivity index (χ1) is 15.5. The first-order valence-electron chi connectivity index (χ1n) is 10.5. The normalized spacial score (nSPS) is 17.7. The fourth-order valence-electron chi connectivity index (χ4n) is 4.14. The Hall–Kier alpha value is -3.23. The highest BCUT2D eigenvalue weighted by molar-refractivity contribution is 7.16. The van der Waals surface area contributed by atoms with E-state index in [4.69, 9.17) is 4.74 Å². The minimum atomic E-state index is -0.643. The van der Waals surface area contributed by atoms with Crippen molar-refractivity contribution in [2.75, 3.05) is 18.4 Å². The van der Waals surface area contributed by atoms with E-state index < -0.39 is 18.0 Å². The van der Waals surface area contributed by atoms with Gasteiger partial charge in [-0.05, 0) is 54.4 Å². The molecule has 0 unspecified atom stereocenters. The molecule has 5 rings (SSSR count). The Morgan fingerprint density at radius 3 is 2.88 bits per heavy atom. The van der Waals surface area contributed by atoms with E-state index in [2.05, 4.69) is 22.5 Å². The number of carbonyl (C=O) groups is 2. The van der Waals surface area contributed by atoms with E-state index in [0.717, 1.165) is 53.8 Å². The Kier molecular flexibility index (Phi) is 5.40. The number of anilines is 1. The van der Waals surface area contributed by atoms with Gasteiger partial charge in [-0.2, -0.15) is 0 Å². The number of likely N-dealkylation sites (N-methyl/N-ethyl adjacent to an activating group) is 1. The Bertz CT molecular complexity index is 1210. The average molecular weight is 452 g/mol. The van der Waals surface area contributed by atoms with Gasteiger partial charge in [-0.3, -0.25) is 9.69 Å². The lowest BCUT2D eigenvalue weighted by Gasteiger charge is -2.28. The summed E-state index contributed by atoms with van der Waals surface area (Å²) in [5, 5.41) is 7.33.